The minimum atomic E-state index is -4.27. The van der Waals surface area contributed by atoms with Crippen LogP contribution in [0, 0.1) is 10.1 Å². The lowest BCUT2D eigenvalue weighted by molar-refractivity contribution is -0.384. The molecule has 0 spiro atoms. The molecule has 0 bridgehead atoms. The van der Waals surface area contributed by atoms with Crippen LogP contribution in [0.3, 0.4) is 0 Å². The first-order valence-electron chi connectivity index (χ1n) is 17.1. The predicted molar refractivity (Wildman–Crippen MR) is 199 cm³/mol. The molecule has 14 nitrogen and oxygen atoms in total. The van der Waals surface area contributed by atoms with E-state index in [2.05, 4.69) is 78.3 Å². The summed E-state index contributed by atoms with van der Waals surface area (Å²) in [4.78, 5) is 36.9. The summed E-state index contributed by atoms with van der Waals surface area (Å²) in [5, 5.41) is 24.8. The Balaban J connectivity index is 1.02. The third kappa shape index (κ3) is 7.60. The van der Waals surface area contributed by atoms with Gasteiger partial charge in [0.25, 0.3) is 15.7 Å². The lowest BCUT2D eigenvalue weighted by Crippen LogP contribution is -2.46. The van der Waals surface area contributed by atoms with E-state index < -0.39 is 26.7 Å². The van der Waals surface area contributed by atoms with Crippen molar-refractivity contribution in [3.63, 3.8) is 0 Å². The van der Waals surface area contributed by atoms with E-state index >= 15 is 0 Å². The van der Waals surface area contributed by atoms with Crippen LogP contribution >= 0.6 is 0 Å². The van der Waals surface area contributed by atoms with Gasteiger partial charge in [-0.05, 0) is 59.9 Å². The number of benzene rings is 4. The van der Waals surface area contributed by atoms with Crippen LogP contribution in [0.2, 0.25) is 0 Å². The molecule has 268 valence electrons. The number of rotatable bonds is 10. The number of nitro benzene ring substituents is 1. The predicted octanol–water partition coefficient (Wildman–Crippen LogP) is 5.88. The van der Waals surface area contributed by atoms with Crippen molar-refractivity contribution in [2.24, 2.45) is 0 Å². The highest BCUT2D eigenvalue weighted by Gasteiger charge is 2.27. The number of carboxylic acid groups (broad SMARTS) is 1. The molecule has 2 saturated heterocycles. The fraction of sp³-hybridized carbons (Fsp3) is 0.270. The number of anilines is 3. The number of carbonyl (C=O) groups is 1. The minimum absolute atomic E-state index is 0.0634. The summed E-state index contributed by atoms with van der Waals surface area (Å²) >= 11 is 0. The number of aromatic nitrogens is 2. The quantitative estimate of drug-likeness (QED) is 0.116. The third-order valence-corrected chi connectivity index (χ3v) is 11.0. The van der Waals surface area contributed by atoms with Crippen LogP contribution in [0.25, 0.3) is 22.0 Å². The van der Waals surface area contributed by atoms with Gasteiger partial charge < -0.3 is 20.2 Å². The molecule has 1 aromatic heterocycles. The average molecular weight is 723 g/mol. The van der Waals surface area contributed by atoms with E-state index in [1.54, 1.807) is 6.07 Å². The Morgan fingerprint density at radius 1 is 0.885 bits per heavy atom. The van der Waals surface area contributed by atoms with E-state index in [4.69, 9.17) is 0 Å². The number of sulfonamides is 1. The Morgan fingerprint density at radius 3 is 2.35 bits per heavy atom. The van der Waals surface area contributed by atoms with Gasteiger partial charge in [0.15, 0.2) is 5.82 Å². The van der Waals surface area contributed by atoms with E-state index in [1.165, 1.54) is 40.1 Å². The van der Waals surface area contributed by atoms with Gasteiger partial charge in [0.2, 0.25) is 0 Å². The molecule has 7 rings (SSSR count). The number of nitrogens with one attached hydrogen (secondary N) is 2. The molecule has 1 amide bonds. The van der Waals surface area contributed by atoms with E-state index in [1.807, 2.05) is 18.2 Å². The molecule has 3 heterocycles. The zero-order valence-electron chi connectivity index (χ0n) is 28.3. The maximum Gasteiger partial charge on any atom is 0.407 e. The molecule has 5 aromatic rings. The molecule has 15 heteroatoms. The molecular formula is C37H38N8O6S. The van der Waals surface area contributed by atoms with Gasteiger partial charge >= 0.3 is 6.09 Å². The molecule has 2 aliphatic rings. The molecule has 0 radical (unpaired) electrons. The molecular weight excluding hydrogens is 685 g/mol. The van der Waals surface area contributed by atoms with Gasteiger partial charge in [-0.3, -0.25) is 19.7 Å². The maximum absolute atomic E-state index is 13.5. The average Bonchev–Trinajstić information content (AvgIpc) is 3.16. The Labute approximate surface area is 300 Å². The van der Waals surface area contributed by atoms with Crippen molar-refractivity contribution in [1.29, 1.82) is 0 Å². The summed E-state index contributed by atoms with van der Waals surface area (Å²) in [6, 6.07) is 28.0. The van der Waals surface area contributed by atoms with Crippen molar-refractivity contribution in [2.45, 2.75) is 30.3 Å². The van der Waals surface area contributed by atoms with E-state index in [9.17, 15) is 28.4 Å². The lowest BCUT2D eigenvalue weighted by atomic mass is 9.99. The number of piperidine rings is 1. The van der Waals surface area contributed by atoms with Crippen LogP contribution in [-0.2, 0) is 16.6 Å². The number of hydrogen-bond donors (Lipinski definition) is 3. The number of fused-ring (bicyclic) bond motifs is 1. The van der Waals surface area contributed by atoms with Gasteiger partial charge in [0.1, 0.15) is 12.0 Å². The summed E-state index contributed by atoms with van der Waals surface area (Å²) in [7, 11) is -4.27. The highest BCUT2D eigenvalue weighted by molar-refractivity contribution is 7.92. The summed E-state index contributed by atoms with van der Waals surface area (Å²) in [5.41, 5.74) is 5.02. The Hall–Kier alpha value is -5.80. The third-order valence-electron chi connectivity index (χ3n) is 9.69. The van der Waals surface area contributed by atoms with Crippen LogP contribution in [0.1, 0.15) is 18.4 Å². The van der Waals surface area contributed by atoms with Crippen LogP contribution < -0.4 is 14.9 Å². The standard InChI is InChI=1S/C37H38N8O6S/c46-37(47)44-16-14-28(15-17-44)40-33-13-11-30(23-35(33)45(48)49)52(50,51)41-36-32-12-10-29(22-34(32)38-25-39-36)43-20-18-42(19-21-43)24-27-8-4-5-9-31(27)26-6-2-1-3-7-26/h1-13,22-23,25,28,40H,14-21,24H2,(H,46,47)(H,38,39,41). The van der Waals surface area contributed by atoms with Crippen molar-refractivity contribution in [3.8, 4) is 11.1 Å². The summed E-state index contributed by atoms with van der Waals surface area (Å²) < 4.78 is 29.5. The van der Waals surface area contributed by atoms with Crippen LogP contribution in [0.15, 0.2) is 102 Å². The topological polar surface area (TPSA) is 174 Å². The molecule has 0 aliphatic carbocycles. The first-order valence-corrected chi connectivity index (χ1v) is 18.5. The molecule has 0 saturated carbocycles. The number of piperazine rings is 1. The molecule has 0 atom stereocenters. The summed E-state index contributed by atoms with van der Waals surface area (Å²) in [5.74, 6) is 0.0634. The zero-order valence-corrected chi connectivity index (χ0v) is 29.1. The largest absolute Gasteiger partial charge is 0.465 e. The fourth-order valence-corrected chi connectivity index (χ4v) is 7.91. The molecule has 2 aliphatic heterocycles. The lowest BCUT2D eigenvalue weighted by Gasteiger charge is -2.36. The minimum Gasteiger partial charge on any atom is -0.465 e. The first kappa shape index (κ1) is 34.6. The Kier molecular flexibility index (Phi) is 9.87. The molecule has 0 unspecified atom stereocenters. The number of likely N-dealkylation sites (tertiary alicyclic amines) is 1. The van der Waals surface area contributed by atoms with Crippen molar-refractivity contribution in [3.05, 3.63) is 113 Å². The SMILES string of the molecule is O=C(O)N1CCC(Nc2ccc(S(=O)(=O)Nc3ncnc4cc(N5CCN(Cc6ccccc6-c6ccccc6)CC5)ccc34)cc2[N+](=O)[O-])CC1. The van der Waals surface area contributed by atoms with Gasteiger partial charge in [-0.25, -0.2) is 23.2 Å². The second kappa shape index (κ2) is 14.8. The highest BCUT2D eigenvalue weighted by Crippen LogP contribution is 2.32. The number of nitrogens with zero attached hydrogens (tertiary/aromatic N) is 6. The normalized spacial score (nSPS) is 15.8. The van der Waals surface area contributed by atoms with Crippen LogP contribution in [0.4, 0.5) is 27.7 Å². The van der Waals surface area contributed by atoms with E-state index in [-0.39, 0.29) is 22.4 Å². The Morgan fingerprint density at radius 2 is 1.62 bits per heavy atom. The number of amides is 1. The van der Waals surface area contributed by atoms with E-state index in [0.29, 0.717) is 36.8 Å². The zero-order chi connectivity index (χ0) is 36.2. The van der Waals surface area contributed by atoms with Crippen molar-refractivity contribution < 1.29 is 23.2 Å². The van der Waals surface area contributed by atoms with Gasteiger partial charge in [-0.1, -0.05) is 54.6 Å². The molecule has 2 fully saturated rings. The van der Waals surface area contributed by atoms with E-state index in [0.717, 1.165) is 44.5 Å². The number of hydrogen-bond acceptors (Lipinski definition) is 10. The van der Waals surface area contributed by atoms with Gasteiger partial charge in [0.05, 0.1) is 15.3 Å². The van der Waals surface area contributed by atoms with Gasteiger partial charge in [0, 0.05) is 69.0 Å². The summed E-state index contributed by atoms with van der Waals surface area (Å²) in [6.45, 7) is 4.83. The first-order chi connectivity index (χ1) is 25.1. The molecule has 52 heavy (non-hydrogen) atoms. The summed E-state index contributed by atoms with van der Waals surface area (Å²) in [6.07, 6.45) is 1.22. The van der Waals surface area contributed by atoms with Crippen molar-refractivity contribution in [1.82, 2.24) is 19.8 Å². The van der Waals surface area contributed by atoms with Gasteiger partial charge in [-0.15, -0.1) is 0 Å². The molecule has 3 N–H and O–H groups in total. The van der Waals surface area contributed by atoms with Crippen molar-refractivity contribution in [2.75, 3.05) is 54.2 Å². The Bertz CT molecular complexity index is 2210. The highest BCUT2D eigenvalue weighted by atomic mass is 32.2. The fourth-order valence-electron chi connectivity index (χ4n) is 6.86. The maximum atomic E-state index is 13.5. The van der Waals surface area contributed by atoms with Crippen LogP contribution in [-0.4, -0.2) is 89.6 Å². The molecule has 4 aromatic carbocycles. The number of nitro groups is 1. The van der Waals surface area contributed by atoms with Gasteiger partial charge in [-0.2, -0.15) is 0 Å². The van der Waals surface area contributed by atoms with Crippen molar-refractivity contribution >= 4 is 49.9 Å². The monoisotopic (exact) mass is 722 g/mol. The second-order valence-corrected chi connectivity index (χ2v) is 14.6. The smallest absolute Gasteiger partial charge is 0.407 e. The second-order valence-electron chi connectivity index (χ2n) is 12.9. The van der Waals surface area contributed by atoms with Crippen LogP contribution in [0.5, 0.6) is 0 Å².